The van der Waals surface area contributed by atoms with Crippen molar-refractivity contribution in [2.45, 2.75) is 6.92 Å². The monoisotopic (exact) mass is 358 g/mol. The third kappa shape index (κ3) is 3.13. The van der Waals surface area contributed by atoms with E-state index in [0.29, 0.717) is 11.1 Å². The number of carbonyl (C=O) groups excluding carboxylic acids is 1. The van der Waals surface area contributed by atoms with Crippen molar-refractivity contribution in [3.8, 4) is 5.69 Å². The number of carbonyl (C=O) groups is 1. The van der Waals surface area contributed by atoms with Crippen molar-refractivity contribution < 1.29 is 9.21 Å². The van der Waals surface area contributed by atoms with E-state index in [1.165, 1.54) is 6.08 Å². The largest absolute Gasteiger partial charge is 0.420 e. The van der Waals surface area contributed by atoms with E-state index >= 15 is 0 Å². The SMILES string of the molecule is Cc1nn(-c2ccccc2)c2oc(=N)c(C(=O)C=C3C=CN(C)C=C3)cc12. The Hall–Kier alpha value is -3.67. The number of benzene rings is 1. The topological polar surface area (TPSA) is 75.1 Å². The third-order valence-electron chi connectivity index (χ3n) is 4.36. The summed E-state index contributed by atoms with van der Waals surface area (Å²) in [6.45, 7) is 1.86. The molecule has 0 fully saturated rings. The Morgan fingerprint density at radius 1 is 1.19 bits per heavy atom. The van der Waals surface area contributed by atoms with Gasteiger partial charge in [-0.05, 0) is 48.9 Å². The third-order valence-corrected chi connectivity index (χ3v) is 4.36. The van der Waals surface area contributed by atoms with Crippen molar-refractivity contribution in [2.75, 3.05) is 7.05 Å². The zero-order valence-corrected chi connectivity index (χ0v) is 15.0. The predicted octanol–water partition coefficient (Wildman–Crippen LogP) is 3.49. The number of fused-ring (bicyclic) bond motifs is 1. The number of rotatable bonds is 3. The molecule has 27 heavy (non-hydrogen) atoms. The van der Waals surface area contributed by atoms with Crippen molar-refractivity contribution in [2.24, 2.45) is 0 Å². The maximum atomic E-state index is 12.7. The number of allylic oxidation sites excluding steroid dienone is 4. The van der Waals surface area contributed by atoms with Gasteiger partial charge in [0, 0.05) is 19.4 Å². The lowest BCUT2D eigenvalue weighted by atomic mass is 10.1. The normalized spacial score (nSPS) is 13.4. The van der Waals surface area contributed by atoms with Gasteiger partial charge in [0.2, 0.25) is 11.3 Å². The average Bonchev–Trinajstić information content (AvgIpc) is 2.99. The molecule has 6 nitrogen and oxygen atoms in total. The van der Waals surface area contributed by atoms with Crippen LogP contribution in [0.15, 0.2) is 77.0 Å². The lowest BCUT2D eigenvalue weighted by molar-refractivity contribution is 0.104. The Kier molecular flexibility index (Phi) is 4.08. The summed E-state index contributed by atoms with van der Waals surface area (Å²) in [5, 5.41) is 13.4. The van der Waals surface area contributed by atoms with Crippen molar-refractivity contribution in [3.63, 3.8) is 0 Å². The first kappa shape index (κ1) is 16.8. The summed E-state index contributed by atoms with van der Waals surface area (Å²) >= 11 is 0. The fourth-order valence-corrected chi connectivity index (χ4v) is 2.91. The van der Waals surface area contributed by atoms with Crippen LogP contribution in [0.1, 0.15) is 16.1 Å². The molecular formula is C21H18N4O2. The summed E-state index contributed by atoms with van der Waals surface area (Å²) in [6.07, 6.45) is 8.92. The first-order valence-electron chi connectivity index (χ1n) is 8.51. The minimum absolute atomic E-state index is 0.178. The van der Waals surface area contributed by atoms with E-state index in [9.17, 15) is 4.79 Å². The Bertz CT molecular complexity index is 1160. The summed E-state index contributed by atoms with van der Waals surface area (Å²) in [4.78, 5) is 14.6. The van der Waals surface area contributed by atoms with Gasteiger partial charge in [-0.15, -0.1) is 0 Å². The van der Waals surface area contributed by atoms with Gasteiger partial charge in [0.25, 0.3) is 0 Å². The number of aromatic nitrogens is 2. The van der Waals surface area contributed by atoms with Crippen molar-refractivity contribution >= 4 is 16.9 Å². The van der Waals surface area contributed by atoms with Gasteiger partial charge in [0.05, 0.1) is 22.3 Å². The van der Waals surface area contributed by atoms with Gasteiger partial charge in [0.1, 0.15) is 0 Å². The Morgan fingerprint density at radius 3 is 2.59 bits per heavy atom. The Balaban J connectivity index is 1.79. The van der Waals surface area contributed by atoms with Crippen LogP contribution in [0.2, 0.25) is 0 Å². The van der Waals surface area contributed by atoms with Gasteiger partial charge >= 0.3 is 0 Å². The Labute approximate surface area is 155 Å². The number of ketones is 1. The molecule has 0 amide bonds. The summed E-state index contributed by atoms with van der Waals surface area (Å²) in [5.41, 5.74) is 2.83. The second kappa shape index (κ2) is 6.57. The highest BCUT2D eigenvalue weighted by Gasteiger charge is 2.16. The highest BCUT2D eigenvalue weighted by molar-refractivity contribution is 6.06. The van der Waals surface area contributed by atoms with Gasteiger partial charge in [-0.1, -0.05) is 18.2 Å². The van der Waals surface area contributed by atoms with Crippen molar-refractivity contribution in [1.82, 2.24) is 14.7 Å². The zero-order valence-electron chi connectivity index (χ0n) is 15.0. The number of hydrogen-bond acceptors (Lipinski definition) is 5. The fourth-order valence-electron chi connectivity index (χ4n) is 2.91. The molecular weight excluding hydrogens is 340 g/mol. The maximum Gasteiger partial charge on any atom is 0.232 e. The van der Waals surface area contributed by atoms with Crippen LogP contribution < -0.4 is 5.55 Å². The lowest BCUT2D eigenvalue weighted by Crippen LogP contribution is -2.13. The molecule has 6 heteroatoms. The molecule has 0 bridgehead atoms. The van der Waals surface area contributed by atoms with Crippen molar-refractivity contribution in [3.05, 3.63) is 89.4 Å². The molecule has 1 aromatic carbocycles. The molecule has 2 aromatic heterocycles. The molecule has 0 aliphatic carbocycles. The summed E-state index contributed by atoms with van der Waals surface area (Å²) in [7, 11) is 1.91. The molecule has 0 saturated heterocycles. The highest BCUT2D eigenvalue weighted by Crippen LogP contribution is 2.22. The van der Waals surface area contributed by atoms with Gasteiger partial charge in [-0.3, -0.25) is 10.2 Å². The van der Waals surface area contributed by atoms with E-state index in [1.807, 2.05) is 73.8 Å². The molecule has 1 aliphatic rings. The van der Waals surface area contributed by atoms with Crippen LogP contribution >= 0.6 is 0 Å². The van der Waals surface area contributed by atoms with E-state index < -0.39 is 0 Å². The molecule has 0 radical (unpaired) electrons. The predicted molar refractivity (Wildman–Crippen MR) is 102 cm³/mol. The van der Waals surface area contributed by atoms with Crippen LogP contribution in [0.5, 0.6) is 0 Å². The van der Waals surface area contributed by atoms with Crippen LogP contribution in [0, 0.1) is 12.3 Å². The smallest absolute Gasteiger partial charge is 0.232 e. The summed E-state index contributed by atoms with van der Waals surface area (Å²) < 4.78 is 7.35. The number of aryl methyl sites for hydroxylation is 1. The van der Waals surface area contributed by atoms with Crippen LogP contribution in [0.3, 0.4) is 0 Å². The molecule has 3 aromatic rings. The quantitative estimate of drug-likeness (QED) is 0.574. The number of hydrogen-bond donors (Lipinski definition) is 1. The number of nitrogens with zero attached hydrogens (tertiary/aromatic N) is 3. The minimum atomic E-state index is -0.272. The molecule has 0 spiro atoms. The van der Waals surface area contributed by atoms with Crippen molar-refractivity contribution in [1.29, 1.82) is 5.41 Å². The zero-order chi connectivity index (χ0) is 19.0. The van der Waals surface area contributed by atoms with Crippen LogP contribution in [0.4, 0.5) is 0 Å². The number of para-hydroxylation sites is 1. The van der Waals surface area contributed by atoms with Gasteiger partial charge in [0.15, 0.2) is 5.78 Å². The Morgan fingerprint density at radius 2 is 1.89 bits per heavy atom. The molecule has 3 heterocycles. The standard InChI is InChI=1S/C21H18N4O2/c1-14-17-13-18(19(26)12-15-8-10-24(2)11-9-15)20(22)27-21(17)25(23-14)16-6-4-3-5-7-16/h3-13,22H,1-2H3. The van der Waals surface area contributed by atoms with Crippen LogP contribution in [-0.2, 0) is 0 Å². The van der Waals surface area contributed by atoms with E-state index in [4.69, 9.17) is 9.83 Å². The van der Waals surface area contributed by atoms with Gasteiger partial charge < -0.3 is 9.32 Å². The summed E-state index contributed by atoms with van der Waals surface area (Å²) in [6, 6.07) is 11.2. The fraction of sp³-hybridized carbons (Fsp3) is 0.0952. The molecule has 0 saturated carbocycles. The molecule has 4 rings (SSSR count). The second-order valence-corrected chi connectivity index (χ2v) is 6.35. The van der Waals surface area contributed by atoms with Crippen LogP contribution in [0.25, 0.3) is 16.8 Å². The molecule has 134 valence electrons. The van der Waals surface area contributed by atoms with E-state index in [2.05, 4.69) is 5.10 Å². The second-order valence-electron chi connectivity index (χ2n) is 6.35. The van der Waals surface area contributed by atoms with E-state index in [0.717, 1.165) is 17.0 Å². The molecule has 0 atom stereocenters. The average molecular weight is 358 g/mol. The van der Waals surface area contributed by atoms with Gasteiger partial charge in [-0.25, -0.2) is 0 Å². The highest BCUT2D eigenvalue weighted by atomic mass is 16.3. The minimum Gasteiger partial charge on any atom is -0.420 e. The van der Waals surface area contributed by atoms with E-state index in [-0.39, 0.29) is 16.9 Å². The molecule has 1 N–H and O–H groups in total. The van der Waals surface area contributed by atoms with E-state index in [1.54, 1.807) is 10.7 Å². The summed E-state index contributed by atoms with van der Waals surface area (Å²) in [5.74, 6) is -0.272. The lowest BCUT2D eigenvalue weighted by Gasteiger charge is -2.11. The van der Waals surface area contributed by atoms with Crippen LogP contribution in [-0.4, -0.2) is 27.5 Å². The molecule has 1 aliphatic heterocycles. The van der Waals surface area contributed by atoms with Gasteiger partial charge in [-0.2, -0.15) is 9.78 Å². The number of nitrogens with one attached hydrogen (secondary N) is 1. The first-order valence-corrected chi connectivity index (χ1v) is 8.51. The maximum absolute atomic E-state index is 12.7. The molecule has 0 unspecified atom stereocenters. The first-order chi connectivity index (χ1) is 13.0.